The highest BCUT2D eigenvalue weighted by Crippen LogP contribution is 2.22. The SMILES string of the molecule is CC/C=C\C/C=C\C/C=C\C/C=C\CCC(=O)OC(COCCCCCCCCCCCCCCCCCCCCCCCC)COC1OC(CO)C(O)C(O)C1O. The van der Waals surface area contributed by atoms with Crippen LogP contribution in [-0.2, 0) is 23.7 Å². The molecule has 0 bridgehead atoms. The summed E-state index contributed by atoms with van der Waals surface area (Å²) in [6.07, 6.45) is 43.1. The van der Waals surface area contributed by atoms with Crippen LogP contribution in [0.3, 0.4) is 0 Å². The summed E-state index contributed by atoms with van der Waals surface area (Å²) in [6.45, 7) is 4.37. The Morgan fingerprint density at radius 1 is 0.569 bits per heavy atom. The molecule has 0 spiro atoms. The number of ether oxygens (including phenoxy) is 4. The summed E-state index contributed by atoms with van der Waals surface area (Å²) in [5.41, 5.74) is 0. The molecule has 0 amide bonds. The second-order valence-electron chi connectivity index (χ2n) is 16.2. The minimum Gasteiger partial charge on any atom is -0.457 e. The standard InChI is InChI=1S/C49H88O9/c1-3-5-7-9-11-13-15-17-18-19-20-21-22-23-24-25-27-29-31-33-35-37-39-55-41-43(42-56-49-48(54)47(53)46(52)44(40-50)58-49)57-45(51)38-36-34-32-30-28-26-16-14-12-10-8-6-4-2/h6,8,12,14,26,28,32,34,43-44,46-50,52-54H,3-5,7,9-11,13,15-25,27,29-31,33,35-42H2,1-2H3/b8-6-,14-12-,28-26-,34-32-. The Kier molecular flexibility index (Phi) is 37.9. The van der Waals surface area contributed by atoms with Crippen LogP contribution in [0.5, 0.6) is 0 Å². The van der Waals surface area contributed by atoms with Gasteiger partial charge in [0.05, 0.1) is 19.8 Å². The molecule has 0 radical (unpaired) electrons. The van der Waals surface area contributed by atoms with Gasteiger partial charge in [-0.05, 0) is 38.5 Å². The Morgan fingerprint density at radius 2 is 1.02 bits per heavy atom. The van der Waals surface area contributed by atoms with Crippen molar-refractivity contribution >= 4 is 5.97 Å². The Bertz CT molecular complexity index is 1030. The molecule has 1 aliphatic rings. The third-order valence-corrected chi connectivity index (χ3v) is 10.8. The second-order valence-corrected chi connectivity index (χ2v) is 16.2. The van der Waals surface area contributed by atoms with E-state index >= 15 is 0 Å². The number of aliphatic hydroxyl groups is 4. The number of hydrogen-bond acceptors (Lipinski definition) is 9. The van der Waals surface area contributed by atoms with Crippen molar-refractivity contribution in [1.29, 1.82) is 0 Å². The van der Waals surface area contributed by atoms with Gasteiger partial charge in [0.15, 0.2) is 6.29 Å². The maximum Gasteiger partial charge on any atom is 0.306 e. The van der Waals surface area contributed by atoms with Crippen LogP contribution >= 0.6 is 0 Å². The lowest BCUT2D eigenvalue weighted by Gasteiger charge is -2.39. The maximum absolute atomic E-state index is 12.7. The van der Waals surface area contributed by atoms with Crippen LogP contribution in [0.4, 0.5) is 0 Å². The molecule has 4 N–H and O–H groups in total. The van der Waals surface area contributed by atoms with E-state index in [0.29, 0.717) is 13.0 Å². The molecule has 6 atom stereocenters. The molecule has 9 heteroatoms. The van der Waals surface area contributed by atoms with Gasteiger partial charge in [0.1, 0.15) is 30.5 Å². The topological polar surface area (TPSA) is 135 Å². The van der Waals surface area contributed by atoms with Crippen molar-refractivity contribution in [3.63, 3.8) is 0 Å². The van der Waals surface area contributed by atoms with Gasteiger partial charge in [0.25, 0.3) is 0 Å². The molecule has 0 aliphatic carbocycles. The van der Waals surface area contributed by atoms with Gasteiger partial charge in [-0.15, -0.1) is 0 Å². The zero-order valence-electron chi connectivity index (χ0n) is 37.0. The van der Waals surface area contributed by atoms with Crippen molar-refractivity contribution in [1.82, 2.24) is 0 Å². The van der Waals surface area contributed by atoms with E-state index in [1.54, 1.807) is 0 Å². The maximum atomic E-state index is 12.7. The Labute approximate surface area is 354 Å². The summed E-state index contributed by atoms with van der Waals surface area (Å²) in [7, 11) is 0. The van der Waals surface area contributed by atoms with Gasteiger partial charge in [0.2, 0.25) is 0 Å². The van der Waals surface area contributed by atoms with E-state index in [4.69, 9.17) is 18.9 Å². The second kappa shape index (κ2) is 40.6. The van der Waals surface area contributed by atoms with Gasteiger partial charge in [-0.2, -0.15) is 0 Å². The van der Waals surface area contributed by atoms with Gasteiger partial charge in [-0.3, -0.25) is 4.79 Å². The van der Waals surface area contributed by atoms with Crippen LogP contribution in [0.2, 0.25) is 0 Å². The number of hydrogen-bond donors (Lipinski definition) is 4. The van der Waals surface area contributed by atoms with E-state index in [1.807, 2.05) is 12.2 Å². The average molecular weight is 821 g/mol. The molecule has 0 aromatic rings. The molecule has 1 saturated heterocycles. The molecule has 6 unspecified atom stereocenters. The summed E-state index contributed by atoms with van der Waals surface area (Å²) in [5, 5.41) is 40.1. The molecule has 0 aromatic carbocycles. The highest BCUT2D eigenvalue weighted by Gasteiger charge is 2.44. The van der Waals surface area contributed by atoms with E-state index in [1.165, 1.54) is 128 Å². The predicted octanol–water partition coefficient (Wildman–Crippen LogP) is 10.9. The first-order valence-corrected chi connectivity index (χ1v) is 23.7. The molecular formula is C49H88O9. The minimum atomic E-state index is -1.55. The molecular weight excluding hydrogens is 733 g/mol. The van der Waals surface area contributed by atoms with Crippen molar-refractivity contribution in [2.75, 3.05) is 26.4 Å². The molecule has 338 valence electrons. The lowest BCUT2D eigenvalue weighted by Crippen LogP contribution is -2.59. The number of allylic oxidation sites excluding steroid dienone is 8. The Balaban J connectivity index is 2.22. The van der Waals surface area contributed by atoms with Gasteiger partial charge >= 0.3 is 5.97 Å². The molecule has 1 fully saturated rings. The zero-order chi connectivity index (χ0) is 42.2. The highest BCUT2D eigenvalue weighted by atomic mass is 16.7. The summed E-state index contributed by atoms with van der Waals surface area (Å²) >= 11 is 0. The Morgan fingerprint density at radius 3 is 1.48 bits per heavy atom. The minimum absolute atomic E-state index is 0.117. The van der Waals surface area contributed by atoms with E-state index in [0.717, 1.165) is 38.5 Å². The van der Waals surface area contributed by atoms with Crippen molar-refractivity contribution in [3.8, 4) is 0 Å². The molecule has 1 heterocycles. The average Bonchev–Trinajstić information content (AvgIpc) is 3.22. The van der Waals surface area contributed by atoms with Gasteiger partial charge in [0, 0.05) is 13.0 Å². The lowest BCUT2D eigenvalue weighted by molar-refractivity contribution is -0.305. The number of aliphatic hydroxyl groups excluding tert-OH is 4. The van der Waals surface area contributed by atoms with Crippen LogP contribution in [0.25, 0.3) is 0 Å². The number of esters is 1. The summed E-state index contributed by atoms with van der Waals surface area (Å²) in [6, 6.07) is 0. The fourth-order valence-corrected chi connectivity index (χ4v) is 7.09. The molecule has 9 nitrogen and oxygen atoms in total. The third kappa shape index (κ3) is 31.1. The van der Waals surface area contributed by atoms with Crippen LogP contribution < -0.4 is 0 Å². The zero-order valence-corrected chi connectivity index (χ0v) is 37.0. The van der Waals surface area contributed by atoms with Crippen molar-refractivity contribution in [2.45, 2.75) is 230 Å². The number of carbonyl (C=O) groups excluding carboxylic acids is 1. The van der Waals surface area contributed by atoms with E-state index in [-0.39, 0.29) is 19.6 Å². The molecule has 58 heavy (non-hydrogen) atoms. The number of rotatable bonds is 40. The summed E-state index contributed by atoms with van der Waals surface area (Å²) < 4.78 is 22.7. The molecule has 0 aromatic heterocycles. The quantitative estimate of drug-likeness (QED) is 0.0271. The molecule has 1 rings (SSSR count). The monoisotopic (exact) mass is 821 g/mol. The first-order chi connectivity index (χ1) is 28.4. The largest absolute Gasteiger partial charge is 0.457 e. The third-order valence-electron chi connectivity index (χ3n) is 10.8. The van der Waals surface area contributed by atoms with E-state index < -0.39 is 49.4 Å². The molecule has 1 aliphatic heterocycles. The van der Waals surface area contributed by atoms with Crippen LogP contribution in [0, 0.1) is 0 Å². The van der Waals surface area contributed by atoms with Crippen molar-refractivity contribution < 1.29 is 44.2 Å². The first kappa shape index (κ1) is 54.2. The first-order valence-electron chi connectivity index (χ1n) is 23.7. The number of carbonyl (C=O) groups is 1. The van der Waals surface area contributed by atoms with Crippen molar-refractivity contribution in [2.24, 2.45) is 0 Å². The fourth-order valence-electron chi connectivity index (χ4n) is 7.09. The van der Waals surface area contributed by atoms with E-state index in [2.05, 4.69) is 50.3 Å². The summed E-state index contributed by atoms with van der Waals surface area (Å²) in [4.78, 5) is 12.7. The van der Waals surface area contributed by atoms with Crippen LogP contribution in [0.1, 0.15) is 194 Å². The lowest BCUT2D eigenvalue weighted by atomic mass is 9.99. The van der Waals surface area contributed by atoms with Gasteiger partial charge in [-0.25, -0.2) is 0 Å². The summed E-state index contributed by atoms with van der Waals surface area (Å²) in [5.74, 6) is -0.391. The van der Waals surface area contributed by atoms with Crippen LogP contribution in [0.15, 0.2) is 48.6 Å². The number of unbranched alkanes of at least 4 members (excludes halogenated alkanes) is 21. The van der Waals surface area contributed by atoms with Crippen LogP contribution in [-0.4, -0.2) is 89.6 Å². The van der Waals surface area contributed by atoms with Crippen molar-refractivity contribution in [3.05, 3.63) is 48.6 Å². The fraction of sp³-hybridized carbons (Fsp3) is 0.816. The van der Waals surface area contributed by atoms with Gasteiger partial charge < -0.3 is 39.4 Å². The smallest absolute Gasteiger partial charge is 0.306 e. The highest BCUT2D eigenvalue weighted by molar-refractivity contribution is 5.69. The van der Waals surface area contributed by atoms with E-state index in [9.17, 15) is 25.2 Å². The molecule has 0 saturated carbocycles. The normalized spacial score (nSPS) is 20.7. The van der Waals surface area contributed by atoms with Gasteiger partial charge in [-0.1, -0.05) is 197 Å². The Hall–Kier alpha value is -1.85. The predicted molar refractivity (Wildman–Crippen MR) is 238 cm³/mol.